The van der Waals surface area contributed by atoms with Gasteiger partial charge in [0.15, 0.2) is 11.6 Å². The van der Waals surface area contributed by atoms with Crippen molar-refractivity contribution in [2.75, 3.05) is 10.2 Å². The number of imide groups is 1. The van der Waals surface area contributed by atoms with Crippen LogP contribution in [-0.2, 0) is 15.0 Å². The summed E-state index contributed by atoms with van der Waals surface area (Å²) in [5.41, 5.74) is 4.41. The number of nitrogens with zero attached hydrogens (tertiary/aromatic N) is 1. The van der Waals surface area contributed by atoms with E-state index in [0.29, 0.717) is 11.3 Å². The summed E-state index contributed by atoms with van der Waals surface area (Å²) in [4.78, 5) is 27.9. The minimum absolute atomic E-state index is 0.0314. The van der Waals surface area contributed by atoms with Gasteiger partial charge in [-0.3, -0.25) is 9.59 Å². The molecule has 0 spiro atoms. The molecule has 0 aromatic heterocycles. The zero-order chi connectivity index (χ0) is 24.8. The van der Waals surface area contributed by atoms with E-state index in [0.717, 1.165) is 33.7 Å². The normalized spacial score (nSPS) is 14.3. The molecule has 4 rings (SSSR count). The van der Waals surface area contributed by atoms with Gasteiger partial charge < -0.3 is 5.32 Å². The standard InChI is InChI=1S/C28H26F2N2O2/c1-16-6-12-21(17(2)14-16)24-25(31-19-9-7-18(8-10-19)28(3,4)5)27(34)32(26(24)33)20-11-13-22(29)23(30)15-20/h6-15,31H,1-5H3. The molecule has 0 aliphatic carbocycles. The lowest BCUT2D eigenvalue weighted by atomic mass is 9.87. The Morgan fingerprint density at radius 3 is 2.06 bits per heavy atom. The predicted molar refractivity (Wildman–Crippen MR) is 130 cm³/mol. The Bertz CT molecular complexity index is 1340. The minimum atomic E-state index is -1.13. The van der Waals surface area contributed by atoms with Crippen molar-refractivity contribution >= 4 is 28.8 Å². The van der Waals surface area contributed by atoms with Crippen LogP contribution in [-0.4, -0.2) is 11.8 Å². The molecule has 0 saturated carbocycles. The molecular formula is C28H26F2N2O2. The highest BCUT2D eigenvalue weighted by atomic mass is 19.2. The van der Waals surface area contributed by atoms with Crippen molar-refractivity contribution in [3.63, 3.8) is 0 Å². The van der Waals surface area contributed by atoms with Gasteiger partial charge in [0.1, 0.15) is 5.70 Å². The number of aryl methyl sites for hydroxylation is 2. The second kappa shape index (κ2) is 8.52. The van der Waals surface area contributed by atoms with Gasteiger partial charge in [0.2, 0.25) is 0 Å². The fourth-order valence-electron chi connectivity index (χ4n) is 4.05. The molecule has 1 heterocycles. The van der Waals surface area contributed by atoms with Crippen LogP contribution < -0.4 is 10.2 Å². The first-order valence-corrected chi connectivity index (χ1v) is 11.0. The highest BCUT2D eigenvalue weighted by molar-refractivity contribution is 6.46. The Morgan fingerprint density at radius 2 is 1.47 bits per heavy atom. The van der Waals surface area contributed by atoms with Gasteiger partial charge in [-0.2, -0.15) is 0 Å². The third-order valence-corrected chi connectivity index (χ3v) is 5.92. The number of rotatable bonds is 4. The molecule has 174 valence electrons. The molecular weight excluding hydrogens is 434 g/mol. The molecule has 1 aliphatic rings. The van der Waals surface area contributed by atoms with E-state index in [1.54, 1.807) is 6.07 Å². The van der Waals surface area contributed by atoms with Gasteiger partial charge in [-0.05, 0) is 60.2 Å². The van der Waals surface area contributed by atoms with Crippen LogP contribution in [0.3, 0.4) is 0 Å². The zero-order valence-corrected chi connectivity index (χ0v) is 19.8. The van der Waals surface area contributed by atoms with E-state index in [4.69, 9.17) is 0 Å². The molecule has 0 saturated heterocycles. The third-order valence-electron chi connectivity index (χ3n) is 5.92. The van der Waals surface area contributed by atoms with Crippen molar-refractivity contribution in [2.45, 2.75) is 40.0 Å². The highest BCUT2D eigenvalue weighted by Gasteiger charge is 2.41. The van der Waals surface area contributed by atoms with Crippen molar-refractivity contribution in [1.82, 2.24) is 0 Å². The molecule has 0 bridgehead atoms. The molecule has 1 aliphatic heterocycles. The number of hydrogen-bond acceptors (Lipinski definition) is 3. The first kappa shape index (κ1) is 23.4. The van der Waals surface area contributed by atoms with Crippen LogP contribution in [0, 0.1) is 25.5 Å². The lowest BCUT2D eigenvalue weighted by Gasteiger charge is -2.19. The van der Waals surface area contributed by atoms with E-state index in [1.807, 2.05) is 50.2 Å². The van der Waals surface area contributed by atoms with Crippen molar-refractivity contribution in [3.8, 4) is 0 Å². The van der Waals surface area contributed by atoms with Crippen LogP contribution >= 0.6 is 0 Å². The van der Waals surface area contributed by atoms with Crippen LogP contribution in [0.1, 0.15) is 43.0 Å². The Morgan fingerprint density at radius 1 is 0.794 bits per heavy atom. The molecule has 34 heavy (non-hydrogen) atoms. The number of halogens is 2. The van der Waals surface area contributed by atoms with Crippen LogP contribution in [0.25, 0.3) is 5.57 Å². The van der Waals surface area contributed by atoms with Crippen LogP contribution in [0.5, 0.6) is 0 Å². The lowest BCUT2D eigenvalue weighted by Crippen LogP contribution is -2.32. The number of carbonyl (C=O) groups excluding carboxylic acids is 2. The van der Waals surface area contributed by atoms with Gasteiger partial charge in [0, 0.05) is 11.8 Å². The van der Waals surface area contributed by atoms with Crippen molar-refractivity contribution in [1.29, 1.82) is 0 Å². The molecule has 0 unspecified atom stereocenters. The second-order valence-electron chi connectivity index (χ2n) is 9.56. The summed E-state index contributed by atoms with van der Waals surface area (Å²) in [7, 11) is 0. The molecule has 0 atom stereocenters. The quantitative estimate of drug-likeness (QED) is 0.467. The summed E-state index contributed by atoms with van der Waals surface area (Å²) < 4.78 is 27.4. The van der Waals surface area contributed by atoms with E-state index in [-0.39, 0.29) is 22.4 Å². The fraction of sp³-hybridized carbons (Fsp3) is 0.214. The second-order valence-corrected chi connectivity index (χ2v) is 9.56. The Balaban J connectivity index is 1.82. The van der Waals surface area contributed by atoms with E-state index >= 15 is 0 Å². The molecule has 6 heteroatoms. The zero-order valence-electron chi connectivity index (χ0n) is 19.8. The van der Waals surface area contributed by atoms with Gasteiger partial charge >= 0.3 is 0 Å². The van der Waals surface area contributed by atoms with E-state index in [1.165, 1.54) is 6.07 Å². The number of benzene rings is 3. The molecule has 3 aromatic rings. The summed E-state index contributed by atoms with van der Waals surface area (Å²) in [6.45, 7) is 10.1. The molecule has 4 nitrogen and oxygen atoms in total. The SMILES string of the molecule is Cc1ccc(C2=C(Nc3ccc(C(C)(C)C)cc3)C(=O)N(c3ccc(F)c(F)c3)C2=O)c(C)c1. The number of hydrogen-bond donors (Lipinski definition) is 1. The van der Waals surface area contributed by atoms with Gasteiger partial charge in [-0.25, -0.2) is 13.7 Å². The molecule has 0 radical (unpaired) electrons. The van der Waals surface area contributed by atoms with E-state index in [9.17, 15) is 18.4 Å². The highest BCUT2D eigenvalue weighted by Crippen LogP contribution is 2.36. The number of amides is 2. The van der Waals surface area contributed by atoms with Crippen LogP contribution in [0.4, 0.5) is 20.2 Å². The molecule has 2 amide bonds. The van der Waals surface area contributed by atoms with Crippen molar-refractivity contribution in [2.24, 2.45) is 0 Å². The fourth-order valence-corrected chi connectivity index (χ4v) is 4.05. The van der Waals surface area contributed by atoms with Crippen LogP contribution in [0.15, 0.2) is 66.4 Å². The van der Waals surface area contributed by atoms with Crippen molar-refractivity contribution in [3.05, 3.63) is 100 Å². The van der Waals surface area contributed by atoms with Crippen LogP contribution in [0.2, 0.25) is 0 Å². The largest absolute Gasteiger partial charge is 0.350 e. The van der Waals surface area contributed by atoms with Gasteiger partial charge in [-0.1, -0.05) is 56.7 Å². The summed E-state index contributed by atoms with van der Waals surface area (Å²) >= 11 is 0. The topological polar surface area (TPSA) is 49.4 Å². The molecule has 0 fully saturated rings. The Hall–Kier alpha value is -3.80. The molecule has 3 aromatic carbocycles. The summed E-state index contributed by atoms with van der Waals surface area (Å²) in [5.74, 6) is -3.42. The van der Waals surface area contributed by atoms with Crippen molar-refractivity contribution < 1.29 is 18.4 Å². The maximum Gasteiger partial charge on any atom is 0.282 e. The Kier molecular flexibility index (Phi) is 5.86. The first-order valence-electron chi connectivity index (χ1n) is 11.0. The maximum atomic E-state index is 13.9. The third kappa shape index (κ3) is 4.23. The average Bonchev–Trinajstić information content (AvgIpc) is 3.00. The summed E-state index contributed by atoms with van der Waals surface area (Å²) in [6.07, 6.45) is 0. The van der Waals surface area contributed by atoms with Gasteiger partial charge in [-0.15, -0.1) is 0 Å². The van der Waals surface area contributed by atoms with E-state index in [2.05, 4.69) is 26.1 Å². The predicted octanol–water partition coefficient (Wildman–Crippen LogP) is 6.28. The smallest absolute Gasteiger partial charge is 0.282 e. The van der Waals surface area contributed by atoms with E-state index < -0.39 is 23.4 Å². The average molecular weight is 461 g/mol. The van der Waals surface area contributed by atoms with Gasteiger partial charge in [0.05, 0.1) is 11.3 Å². The monoisotopic (exact) mass is 460 g/mol. The molecule has 1 N–H and O–H groups in total. The summed E-state index contributed by atoms with van der Waals surface area (Å²) in [6, 6.07) is 16.2. The Labute approximate surface area is 197 Å². The minimum Gasteiger partial charge on any atom is -0.350 e. The lowest BCUT2D eigenvalue weighted by molar-refractivity contribution is -0.120. The number of carbonyl (C=O) groups is 2. The maximum absolute atomic E-state index is 13.9. The number of anilines is 2. The summed E-state index contributed by atoms with van der Waals surface area (Å²) in [5, 5.41) is 3.12. The first-order chi connectivity index (χ1) is 16.0. The van der Waals surface area contributed by atoms with Gasteiger partial charge in [0.25, 0.3) is 11.8 Å². The number of nitrogens with one attached hydrogen (secondary N) is 1.